The minimum Gasteiger partial charge on any atom is -0.480 e. The summed E-state index contributed by atoms with van der Waals surface area (Å²) in [6.07, 6.45) is 0. The summed E-state index contributed by atoms with van der Waals surface area (Å²) >= 11 is 0. The van der Waals surface area contributed by atoms with E-state index >= 15 is 0 Å². The molecule has 114 valence electrons. The number of aliphatic carboxylic acids is 2. The molecule has 0 saturated carbocycles. The van der Waals surface area contributed by atoms with Crippen LogP contribution in [0, 0.1) is 0 Å². The lowest BCUT2D eigenvalue weighted by Gasteiger charge is -2.20. The summed E-state index contributed by atoms with van der Waals surface area (Å²) in [5.74, 6) is -2.78. The summed E-state index contributed by atoms with van der Waals surface area (Å²) in [4.78, 5) is 34.2. The van der Waals surface area contributed by atoms with E-state index in [1.54, 1.807) is 6.92 Å². The van der Waals surface area contributed by atoms with Gasteiger partial charge in [-0.15, -0.1) is 0 Å². The molecule has 0 radical (unpaired) electrons. The molecule has 21 heavy (non-hydrogen) atoms. The summed E-state index contributed by atoms with van der Waals surface area (Å²) in [6, 6.07) is 9.03. The lowest BCUT2D eigenvalue weighted by Crippen LogP contribution is -2.42. The zero-order valence-electron chi connectivity index (χ0n) is 11.7. The van der Waals surface area contributed by atoms with Crippen LogP contribution in [0.25, 0.3) is 0 Å². The van der Waals surface area contributed by atoms with Gasteiger partial charge in [0.15, 0.2) is 0 Å². The van der Waals surface area contributed by atoms with Gasteiger partial charge in [-0.3, -0.25) is 19.3 Å². The van der Waals surface area contributed by atoms with Gasteiger partial charge in [-0.2, -0.15) is 0 Å². The Bertz CT molecular complexity index is 487. The van der Waals surface area contributed by atoms with Crippen molar-refractivity contribution in [2.24, 2.45) is 0 Å². The number of carboxylic acids is 2. The van der Waals surface area contributed by atoms with Crippen LogP contribution in [0.1, 0.15) is 18.5 Å². The summed E-state index contributed by atoms with van der Waals surface area (Å²) < 4.78 is 0. The van der Waals surface area contributed by atoms with E-state index < -0.39 is 30.9 Å². The molecule has 0 aliphatic rings. The third kappa shape index (κ3) is 6.53. The molecule has 1 rings (SSSR count). The van der Waals surface area contributed by atoms with Crippen LogP contribution >= 0.6 is 0 Å². The van der Waals surface area contributed by atoms with Crippen molar-refractivity contribution in [2.45, 2.75) is 13.0 Å². The minimum absolute atomic E-state index is 0.241. The molecule has 0 heterocycles. The van der Waals surface area contributed by atoms with Gasteiger partial charge in [0.2, 0.25) is 5.91 Å². The molecule has 0 aromatic heterocycles. The zero-order chi connectivity index (χ0) is 15.8. The van der Waals surface area contributed by atoms with E-state index in [0.717, 1.165) is 10.5 Å². The molecular formula is C14H18N2O5. The normalized spacial score (nSPS) is 11.9. The standard InChI is InChI=1S/C14H18N2O5/c1-10(11-5-3-2-4-6-11)15-12(17)7-16(8-13(18)19)9-14(20)21/h2-6,10H,7-9H2,1H3,(H,15,17)(H,18,19)(H,20,21). The summed E-state index contributed by atoms with van der Waals surface area (Å²) in [6.45, 7) is 0.514. The SMILES string of the molecule is CC(NC(=O)CN(CC(=O)O)CC(=O)O)c1ccccc1. The molecule has 0 saturated heterocycles. The van der Waals surface area contributed by atoms with Crippen molar-refractivity contribution in [3.63, 3.8) is 0 Å². The van der Waals surface area contributed by atoms with Gasteiger partial charge in [-0.1, -0.05) is 30.3 Å². The number of nitrogens with zero attached hydrogens (tertiary/aromatic N) is 1. The first-order valence-corrected chi connectivity index (χ1v) is 6.38. The highest BCUT2D eigenvalue weighted by Gasteiger charge is 2.18. The maximum absolute atomic E-state index is 11.9. The fourth-order valence-electron chi connectivity index (χ4n) is 1.87. The number of rotatable bonds is 8. The first-order valence-electron chi connectivity index (χ1n) is 6.38. The van der Waals surface area contributed by atoms with Crippen LogP contribution in [0.5, 0.6) is 0 Å². The maximum Gasteiger partial charge on any atom is 0.317 e. The minimum atomic E-state index is -1.18. The van der Waals surface area contributed by atoms with Crippen LogP contribution in [0.3, 0.4) is 0 Å². The smallest absolute Gasteiger partial charge is 0.317 e. The lowest BCUT2D eigenvalue weighted by molar-refractivity contribution is -0.142. The Balaban J connectivity index is 2.56. The molecule has 1 atom stereocenters. The molecule has 1 amide bonds. The van der Waals surface area contributed by atoms with Gasteiger partial charge in [0, 0.05) is 0 Å². The fourth-order valence-corrected chi connectivity index (χ4v) is 1.87. The van der Waals surface area contributed by atoms with Crippen molar-refractivity contribution in [1.82, 2.24) is 10.2 Å². The molecule has 7 nitrogen and oxygen atoms in total. The van der Waals surface area contributed by atoms with E-state index in [4.69, 9.17) is 10.2 Å². The number of hydrogen-bond donors (Lipinski definition) is 3. The zero-order valence-corrected chi connectivity index (χ0v) is 11.7. The van der Waals surface area contributed by atoms with Crippen LogP contribution < -0.4 is 5.32 Å². The second kappa shape index (κ2) is 8.01. The summed E-state index contributed by atoms with van der Waals surface area (Å²) in [5, 5.41) is 20.1. The van der Waals surface area contributed by atoms with Crippen molar-refractivity contribution in [1.29, 1.82) is 0 Å². The van der Waals surface area contributed by atoms with Crippen LogP contribution in [-0.4, -0.2) is 52.6 Å². The van der Waals surface area contributed by atoms with E-state index in [1.165, 1.54) is 0 Å². The van der Waals surface area contributed by atoms with Crippen molar-refractivity contribution in [3.8, 4) is 0 Å². The molecule has 0 bridgehead atoms. The van der Waals surface area contributed by atoms with Crippen molar-refractivity contribution < 1.29 is 24.6 Å². The molecule has 7 heteroatoms. The number of amides is 1. The molecule has 1 aromatic carbocycles. The molecule has 0 fully saturated rings. The van der Waals surface area contributed by atoms with Crippen LogP contribution in [0.15, 0.2) is 30.3 Å². The van der Waals surface area contributed by atoms with Gasteiger partial charge < -0.3 is 15.5 Å². The number of hydrogen-bond acceptors (Lipinski definition) is 4. The topological polar surface area (TPSA) is 107 Å². The van der Waals surface area contributed by atoms with Crippen molar-refractivity contribution in [3.05, 3.63) is 35.9 Å². The van der Waals surface area contributed by atoms with E-state index in [0.29, 0.717) is 0 Å². The van der Waals surface area contributed by atoms with E-state index in [9.17, 15) is 14.4 Å². The third-order valence-corrected chi connectivity index (χ3v) is 2.76. The highest BCUT2D eigenvalue weighted by molar-refractivity contribution is 5.80. The second-order valence-corrected chi connectivity index (χ2v) is 4.63. The quantitative estimate of drug-likeness (QED) is 0.638. The molecule has 1 unspecified atom stereocenters. The van der Waals surface area contributed by atoms with E-state index in [1.807, 2.05) is 30.3 Å². The Hall–Kier alpha value is -2.41. The number of benzene rings is 1. The Morgan fingerprint density at radius 3 is 2.05 bits per heavy atom. The predicted molar refractivity (Wildman–Crippen MR) is 74.7 cm³/mol. The Morgan fingerprint density at radius 2 is 1.57 bits per heavy atom. The number of nitrogens with one attached hydrogen (secondary N) is 1. The Morgan fingerprint density at radius 1 is 1.05 bits per heavy atom. The predicted octanol–water partition coefficient (Wildman–Crippen LogP) is 0.335. The van der Waals surface area contributed by atoms with Gasteiger partial charge in [0.25, 0.3) is 0 Å². The van der Waals surface area contributed by atoms with Crippen LogP contribution in [0.2, 0.25) is 0 Å². The van der Waals surface area contributed by atoms with Crippen LogP contribution in [0.4, 0.5) is 0 Å². The highest BCUT2D eigenvalue weighted by atomic mass is 16.4. The average Bonchev–Trinajstić information content (AvgIpc) is 2.37. The molecular weight excluding hydrogens is 276 g/mol. The molecule has 0 spiro atoms. The van der Waals surface area contributed by atoms with Crippen molar-refractivity contribution in [2.75, 3.05) is 19.6 Å². The Labute approximate surface area is 122 Å². The van der Waals surface area contributed by atoms with E-state index in [-0.39, 0.29) is 12.6 Å². The van der Waals surface area contributed by atoms with Gasteiger partial charge in [0.1, 0.15) is 0 Å². The largest absolute Gasteiger partial charge is 0.480 e. The number of carboxylic acid groups (broad SMARTS) is 2. The van der Waals surface area contributed by atoms with Crippen molar-refractivity contribution >= 4 is 17.8 Å². The summed E-state index contributed by atoms with van der Waals surface area (Å²) in [5.41, 5.74) is 0.911. The second-order valence-electron chi connectivity index (χ2n) is 4.63. The number of carbonyl (C=O) groups excluding carboxylic acids is 1. The van der Waals surface area contributed by atoms with Crippen LogP contribution in [-0.2, 0) is 14.4 Å². The molecule has 1 aromatic rings. The van der Waals surface area contributed by atoms with Gasteiger partial charge >= 0.3 is 11.9 Å². The monoisotopic (exact) mass is 294 g/mol. The van der Waals surface area contributed by atoms with Gasteiger partial charge in [-0.05, 0) is 12.5 Å². The molecule has 0 aliphatic heterocycles. The first kappa shape index (κ1) is 16.6. The van der Waals surface area contributed by atoms with E-state index in [2.05, 4.69) is 5.32 Å². The Kier molecular flexibility index (Phi) is 6.35. The van der Waals surface area contributed by atoms with Gasteiger partial charge in [-0.25, -0.2) is 0 Å². The summed E-state index contributed by atoms with van der Waals surface area (Å²) in [7, 11) is 0. The number of carbonyl (C=O) groups is 3. The lowest BCUT2D eigenvalue weighted by atomic mass is 10.1. The molecule has 0 aliphatic carbocycles. The third-order valence-electron chi connectivity index (χ3n) is 2.76. The fraction of sp³-hybridized carbons (Fsp3) is 0.357. The first-order chi connectivity index (χ1) is 9.88. The molecule has 3 N–H and O–H groups in total. The average molecular weight is 294 g/mol. The maximum atomic E-state index is 11.9. The highest BCUT2D eigenvalue weighted by Crippen LogP contribution is 2.10. The van der Waals surface area contributed by atoms with Gasteiger partial charge in [0.05, 0.1) is 25.7 Å².